The zero-order valence-corrected chi connectivity index (χ0v) is 10.9. The number of para-hydroxylation sites is 1. The Labute approximate surface area is 106 Å². The summed E-state index contributed by atoms with van der Waals surface area (Å²) in [7, 11) is -3.83. The van der Waals surface area contributed by atoms with Crippen LogP contribution in [0.5, 0.6) is 0 Å². The quantitative estimate of drug-likeness (QED) is 0.649. The van der Waals surface area contributed by atoms with E-state index in [4.69, 9.17) is 10.9 Å². The molecule has 7 heteroatoms. The molecule has 1 atom stereocenters. The molecule has 0 bridgehead atoms. The first-order valence-corrected chi connectivity index (χ1v) is 7.14. The number of hydrogen-bond acceptors (Lipinski definition) is 5. The molecule has 0 amide bonds. The third-order valence-corrected chi connectivity index (χ3v) is 4.11. The van der Waals surface area contributed by atoms with E-state index < -0.39 is 15.6 Å². The number of nitrogens with zero attached hydrogens (tertiary/aromatic N) is 1. The molecule has 2 rings (SSSR count). The Balaban J connectivity index is 2.42. The van der Waals surface area contributed by atoms with Crippen LogP contribution < -0.4 is 15.8 Å². The molecule has 0 aliphatic carbocycles. The number of β-amino-alcohol motifs (C(OH)–C–C–N with tert-alkyl or cyclic N) is 1. The predicted octanol–water partition coefficient (Wildman–Crippen LogP) is -0.123. The van der Waals surface area contributed by atoms with Crippen molar-refractivity contribution >= 4 is 21.4 Å². The molecular weight excluding hydrogens is 254 g/mol. The summed E-state index contributed by atoms with van der Waals surface area (Å²) in [4.78, 5) is 1.79. The minimum absolute atomic E-state index is 0.0773. The summed E-state index contributed by atoms with van der Waals surface area (Å²) in [5.74, 6) is 0. The number of anilines is 2. The van der Waals surface area contributed by atoms with Gasteiger partial charge in [-0.3, -0.25) is 0 Å². The molecule has 1 unspecified atom stereocenters. The molecule has 1 aromatic rings. The van der Waals surface area contributed by atoms with Crippen molar-refractivity contribution in [2.24, 2.45) is 5.14 Å². The lowest BCUT2D eigenvalue weighted by atomic mass is 10.1. The van der Waals surface area contributed by atoms with E-state index in [2.05, 4.69) is 0 Å². The van der Waals surface area contributed by atoms with Gasteiger partial charge in [-0.25, -0.2) is 13.6 Å². The van der Waals surface area contributed by atoms with Gasteiger partial charge in [0.1, 0.15) is 4.90 Å². The summed E-state index contributed by atoms with van der Waals surface area (Å²) in [6.07, 6.45) is 0.617. The molecule has 100 valence electrons. The molecule has 0 radical (unpaired) electrons. The van der Waals surface area contributed by atoms with Crippen LogP contribution in [0, 0.1) is 0 Å². The van der Waals surface area contributed by atoms with Crippen molar-refractivity contribution in [3.05, 3.63) is 18.2 Å². The van der Waals surface area contributed by atoms with Crippen molar-refractivity contribution in [3.63, 3.8) is 0 Å². The fraction of sp³-hybridized carbons (Fsp3) is 0.455. The lowest BCUT2D eigenvalue weighted by molar-refractivity contribution is 0.0839. The Morgan fingerprint density at radius 1 is 1.44 bits per heavy atom. The van der Waals surface area contributed by atoms with Crippen LogP contribution in [0.2, 0.25) is 0 Å². The van der Waals surface area contributed by atoms with Crippen molar-refractivity contribution in [1.29, 1.82) is 0 Å². The second kappa shape index (κ2) is 4.11. The van der Waals surface area contributed by atoms with Gasteiger partial charge in [0, 0.05) is 13.1 Å². The minimum atomic E-state index is -3.83. The molecule has 1 fully saturated rings. The zero-order chi connectivity index (χ0) is 13.6. The number of nitrogen functional groups attached to an aromatic ring is 1. The summed E-state index contributed by atoms with van der Waals surface area (Å²) in [5.41, 5.74) is 5.81. The van der Waals surface area contributed by atoms with Gasteiger partial charge in [-0.05, 0) is 25.5 Å². The number of hydrogen-bond donors (Lipinski definition) is 3. The van der Waals surface area contributed by atoms with E-state index in [-0.39, 0.29) is 10.6 Å². The van der Waals surface area contributed by atoms with Gasteiger partial charge in [0.15, 0.2) is 0 Å². The average molecular weight is 271 g/mol. The van der Waals surface area contributed by atoms with Gasteiger partial charge < -0.3 is 15.7 Å². The van der Waals surface area contributed by atoms with Gasteiger partial charge in [0.25, 0.3) is 0 Å². The third kappa shape index (κ3) is 2.43. The van der Waals surface area contributed by atoms with E-state index >= 15 is 0 Å². The summed E-state index contributed by atoms with van der Waals surface area (Å²) in [6.45, 7) is 2.79. The van der Waals surface area contributed by atoms with Gasteiger partial charge in [-0.1, -0.05) is 6.07 Å². The van der Waals surface area contributed by atoms with Gasteiger partial charge in [-0.2, -0.15) is 0 Å². The van der Waals surface area contributed by atoms with Crippen LogP contribution in [-0.2, 0) is 10.0 Å². The van der Waals surface area contributed by atoms with Crippen molar-refractivity contribution in [2.45, 2.75) is 23.8 Å². The second-order valence-electron chi connectivity index (χ2n) is 4.90. The number of benzene rings is 1. The maximum atomic E-state index is 11.4. The van der Waals surface area contributed by atoms with E-state index in [1.807, 2.05) is 4.90 Å². The van der Waals surface area contributed by atoms with Crippen LogP contribution in [0.1, 0.15) is 13.3 Å². The highest BCUT2D eigenvalue weighted by atomic mass is 32.2. The van der Waals surface area contributed by atoms with E-state index in [0.29, 0.717) is 25.2 Å². The van der Waals surface area contributed by atoms with Crippen LogP contribution in [-0.4, -0.2) is 32.2 Å². The molecule has 1 heterocycles. The highest BCUT2D eigenvalue weighted by Crippen LogP contribution is 2.33. The molecule has 1 aliphatic rings. The van der Waals surface area contributed by atoms with Crippen molar-refractivity contribution < 1.29 is 13.5 Å². The zero-order valence-electron chi connectivity index (χ0n) is 10.1. The number of primary sulfonamides is 1. The van der Waals surface area contributed by atoms with E-state index in [1.165, 1.54) is 6.07 Å². The number of nitrogens with two attached hydrogens (primary N) is 2. The highest BCUT2D eigenvalue weighted by molar-refractivity contribution is 7.89. The highest BCUT2D eigenvalue weighted by Gasteiger charge is 2.32. The number of aliphatic hydroxyl groups is 1. The molecule has 6 nitrogen and oxygen atoms in total. The average Bonchev–Trinajstić information content (AvgIpc) is 2.57. The first-order chi connectivity index (χ1) is 8.21. The molecule has 1 aromatic carbocycles. The van der Waals surface area contributed by atoms with Crippen LogP contribution >= 0.6 is 0 Å². The molecule has 5 N–H and O–H groups in total. The third-order valence-electron chi connectivity index (χ3n) is 3.14. The Morgan fingerprint density at radius 3 is 2.61 bits per heavy atom. The largest absolute Gasteiger partial charge is 0.396 e. The maximum absolute atomic E-state index is 11.4. The number of sulfonamides is 1. The van der Waals surface area contributed by atoms with Crippen molar-refractivity contribution in [2.75, 3.05) is 23.7 Å². The molecule has 1 saturated heterocycles. The topological polar surface area (TPSA) is 110 Å². The first-order valence-electron chi connectivity index (χ1n) is 5.59. The van der Waals surface area contributed by atoms with E-state index in [9.17, 15) is 13.5 Å². The Bertz CT molecular complexity index is 569. The molecule has 1 aliphatic heterocycles. The molecule has 18 heavy (non-hydrogen) atoms. The normalized spacial score (nSPS) is 24.5. The van der Waals surface area contributed by atoms with E-state index in [0.717, 1.165) is 0 Å². The Kier molecular flexibility index (Phi) is 3.00. The monoisotopic (exact) mass is 271 g/mol. The lowest BCUT2D eigenvalue weighted by Gasteiger charge is -2.23. The van der Waals surface area contributed by atoms with E-state index in [1.54, 1.807) is 19.1 Å². The van der Waals surface area contributed by atoms with Gasteiger partial charge >= 0.3 is 0 Å². The fourth-order valence-electron chi connectivity index (χ4n) is 2.21. The maximum Gasteiger partial charge on any atom is 0.240 e. The standard InChI is InChI=1S/C11H17N3O3S/c1-11(15)5-6-14(7-11)8-3-2-4-9(10(8)12)18(13,16)17/h2-4,15H,5-7,12H2,1H3,(H2,13,16,17). The predicted molar refractivity (Wildman–Crippen MR) is 69.7 cm³/mol. The van der Waals surface area contributed by atoms with Gasteiger partial charge in [0.05, 0.1) is 17.0 Å². The van der Waals surface area contributed by atoms with Gasteiger partial charge in [0.2, 0.25) is 10.0 Å². The molecular formula is C11H17N3O3S. The Morgan fingerprint density at radius 2 is 2.11 bits per heavy atom. The summed E-state index contributed by atoms with van der Waals surface area (Å²) in [6, 6.07) is 4.70. The summed E-state index contributed by atoms with van der Waals surface area (Å²) >= 11 is 0. The first kappa shape index (κ1) is 13.1. The van der Waals surface area contributed by atoms with Crippen molar-refractivity contribution in [3.8, 4) is 0 Å². The van der Waals surface area contributed by atoms with Crippen LogP contribution in [0.25, 0.3) is 0 Å². The lowest BCUT2D eigenvalue weighted by Crippen LogP contribution is -2.30. The smallest absolute Gasteiger partial charge is 0.240 e. The molecule has 0 spiro atoms. The van der Waals surface area contributed by atoms with Crippen LogP contribution in [0.4, 0.5) is 11.4 Å². The molecule has 0 aromatic heterocycles. The van der Waals surface area contributed by atoms with Crippen LogP contribution in [0.3, 0.4) is 0 Å². The van der Waals surface area contributed by atoms with Crippen LogP contribution in [0.15, 0.2) is 23.1 Å². The minimum Gasteiger partial charge on any atom is -0.396 e. The number of rotatable bonds is 2. The Hall–Kier alpha value is -1.31. The summed E-state index contributed by atoms with van der Waals surface area (Å²) < 4.78 is 22.8. The van der Waals surface area contributed by atoms with Gasteiger partial charge in [-0.15, -0.1) is 0 Å². The summed E-state index contributed by atoms with van der Waals surface area (Å²) in [5, 5.41) is 15.0. The SMILES string of the molecule is CC1(O)CCN(c2cccc(S(N)(=O)=O)c2N)C1. The molecule has 0 saturated carbocycles. The fourth-order valence-corrected chi connectivity index (χ4v) is 2.89. The van der Waals surface area contributed by atoms with Crippen molar-refractivity contribution in [1.82, 2.24) is 0 Å². The second-order valence-corrected chi connectivity index (χ2v) is 6.43.